The lowest BCUT2D eigenvalue weighted by atomic mass is 10.3. The zero-order valence-electron chi connectivity index (χ0n) is 14.1. The van der Waals surface area contributed by atoms with Gasteiger partial charge < -0.3 is 19.7 Å². The van der Waals surface area contributed by atoms with Crippen molar-refractivity contribution in [1.29, 1.82) is 0 Å². The number of nitrogens with zero attached hydrogens (tertiary/aromatic N) is 3. The van der Waals surface area contributed by atoms with Crippen LogP contribution in [0.15, 0.2) is 28.6 Å². The predicted octanol–water partition coefficient (Wildman–Crippen LogP) is 2.63. The summed E-state index contributed by atoms with van der Waals surface area (Å²) in [5.41, 5.74) is 0.880. The van der Waals surface area contributed by atoms with Crippen molar-refractivity contribution in [1.82, 2.24) is 15.1 Å². The number of carbonyl (C=O) groups excluding carboxylic acids is 1. The largest absolute Gasteiger partial charge is 0.497 e. The highest BCUT2D eigenvalue weighted by Crippen LogP contribution is 2.29. The van der Waals surface area contributed by atoms with E-state index in [2.05, 4.69) is 15.5 Å². The van der Waals surface area contributed by atoms with Crippen LogP contribution in [0.5, 0.6) is 5.75 Å². The topological polar surface area (TPSA) is 76.6 Å². The summed E-state index contributed by atoms with van der Waals surface area (Å²) < 4.78 is 11.4. The quantitative estimate of drug-likeness (QED) is 0.772. The number of rotatable bonds is 6. The van der Waals surface area contributed by atoms with Crippen LogP contribution in [0.4, 0.5) is 10.8 Å². The Kier molecular flexibility index (Phi) is 6.11. The summed E-state index contributed by atoms with van der Waals surface area (Å²) in [6.45, 7) is 3.89. The fourth-order valence-electron chi connectivity index (χ4n) is 2.40. The first-order valence-corrected chi connectivity index (χ1v) is 9.71. The molecule has 2 aromatic rings. The van der Waals surface area contributed by atoms with Crippen molar-refractivity contribution in [2.45, 2.75) is 17.4 Å². The average Bonchev–Trinajstić information content (AvgIpc) is 3.07. The van der Waals surface area contributed by atoms with Gasteiger partial charge in [-0.05, 0) is 19.1 Å². The maximum Gasteiger partial charge on any atom is 0.233 e. The second-order valence-corrected chi connectivity index (χ2v) is 7.74. The summed E-state index contributed by atoms with van der Waals surface area (Å²) in [5.74, 6) is 1.24. The molecule has 25 heavy (non-hydrogen) atoms. The lowest BCUT2D eigenvalue weighted by Crippen LogP contribution is -2.45. The molecule has 1 aromatic carbocycles. The number of benzene rings is 1. The molecule has 1 N–H and O–H groups in total. The third-order valence-corrected chi connectivity index (χ3v) is 5.60. The summed E-state index contributed by atoms with van der Waals surface area (Å²) in [4.78, 5) is 14.1. The summed E-state index contributed by atoms with van der Waals surface area (Å²) in [6, 6.07) is 7.60. The Morgan fingerprint density at radius 3 is 3.20 bits per heavy atom. The monoisotopic (exact) mass is 380 g/mol. The maximum absolute atomic E-state index is 12.3. The van der Waals surface area contributed by atoms with E-state index < -0.39 is 0 Å². The first kappa shape index (κ1) is 18.0. The van der Waals surface area contributed by atoms with Crippen LogP contribution in [0, 0.1) is 0 Å². The van der Waals surface area contributed by atoms with E-state index in [1.165, 1.54) is 23.1 Å². The second kappa shape index (κ2) is 8.50. The van der Waals surface area contributed by atoms with Gasteiger partial charge in [0.2, 0.25) is 11.0 Å². The number of ether oxygens (including phenoxy) is 2. The third kappa shape index (κ3) is 5.07. The Morgan fingerprint density at radius 2 is 2.40 bits per heavy atom. The molecule has 0 bridgehead atoms. The Labute approximate surface area is 154 Å². The molecule has 0 saturated carbocycles. The molecular weight excluding hydrogens is 360 g/mol. The van der Waals surface area contributed by atoms with E-state index in [1.54, 1.807) is 7.11 Å². The van der Waals surface area contributed by atoms with Crippen LogP contribution in [0.25, 0.3) is 0 Å². The van der Waals surface area contributed by atoms with E-state index in [4.69, 9.17) is 9.47 Å². The van der Waals surface area contributed by atoms with Crippen LogP contribution in [0.2, 0.25) is 0 Å². The Hall–Kier alpha value is -1.84. The van der Waals surface area contributed by atoms with Crippen molar-refractivity contribution in [3.05, 3.63) is 24.3 Å². The van der Waals surface area contributed by atoms with E-state index >= 15 is 0 Å². The van der Waals surface area contributed by atoms with Crippen LogP contribution >= 0.6 is 23.1 Å². The third-order valence-electron chi connectivity index (χ3n) is 3.64. The van der Waals surface area contributed by atoms with Gasteiger partial charge in [-0.1, -0.05) is 29.2 Å². The molecule has 1 aliphatic heterocycles. The Morgan fingerprint density at radius 1 is 1.52 bits per heavy atom. The summed E-state index contributed by atoms with van der Waals surface area (Å²) >= 11 is 2.83. The van der Waals surface area contributed by atoms with Gasteiger partial charge in [-0.15, -0.1) is 10.2 Å². The van der Waals surface area contributed by atoms with E-state index in [0.717, 1.165) is 15.8 Å². The van der Waals surface area contributed by atoms with Crippen molar-refractivity contribution in [3.63, 3.8) is 0 Å². The van der Waals surface area contributed by atoms with Gasteiger partial charge in [-0.3, -0.25) is 4.79 Å². The van der Waals surface area contributed by atoms with Crippen LogP contribution in [0.3, 0.4) is 0 Å². The molecule has 0 aliphatic carbocycles. The molecule has 1 amide bonds. The number of morpholine rings is 1. The number of nitrogens with one attached hydrogen (secondary N) is 1. The minimum Gasteiger partial charge on any atom is -0.497 e. The molecule has 1 fully saturated rings. The molecule has 134 valence electrons. The van der Waals surface area contributed by atoms with Gasteiger partial charge in [0.05, 0.1) is 25.6 Å². The van der Waals surface area contributed by atoms with Crippen molar-refractivity contribution >= 4 is 39.8 Å². The number of carbonyl (C=O) groups is 1. The van der Waals surface area contributed by atoms with E-state index in [1.807, 2.05) is 36.1 Å². The van der Waals surface area contributed by atoms with Crippen molar-refractivity contribution in [2.24, 2.45) is 0 Å². The number of methoxy groups -OCH3 is 1. The Balaban J connectivity index is 1.52. The number of aromatic nitrogens is 2. The van der Waals surface area contributed by atoms with Crippen LogP contribution in [-0.4, -0.2) is 59.7 Å². The molecule has 1 unspecified atom stereocenters. The molecule has 1 aliphatic rings. The zero-order chi connectivity index (χ0) is 17.6. The van der Waals surface area contributed by atoms with E-state index in [9.17, 15) is 4.79 Å². The number of hydrogen-bond donors (Lipinski definition) is 1. The van der Waals surface area contributed by atoms with Gasteiger partial charge in [-0.2, -0.15) is 0 Å². The van der Waals surface area contributed by atoms with Crippen molar-refractivity contribution < 1.29 is 14.3 Å². The van der Waals surface area contributed by atoms with Gasteiger partial charge >= 0.3 is 0 Å². The Bertz CT molecular complexity index is 725. The lowest BCUT2D eigenvalue weighted by Gasteiger charge is -2.31. The van der Waals surface area contributed by atoms with Gasteiger partial charge in [0.25, 0.3) is 0 Å². The minimum atomic E-state index is 0.0999. The molecule has 1 saturated heterocycles. The molecular formula is C16H20N4O3S2. The molecule has 2 heterocycles. The van der Waals surface area contributed by atoms with Crippen LogP contribution < -0.4 is 10.1 Å². The highest BCUT2D eigenvalue weighted by Gasteiger charge is 2.21. The highest BCUT2D eigenvalue weighted by atomic mass is 32.2. The number of anilines is 2. The number of hydrogen-bond acceptors (Lipinski definition) is 8. The van der Waals surface area contributed by atoms with E-state index in [-0.39, 0.29) is 12.0 Å². The minimum absolute atomic E-state index is 0.0999. The first-order chi connectivity index (χ1) is 12.1. The maximum atomic E-state index is 12.3. The van der Waals surface area contributed by atoms with Crippen molar-refractivity contribution in [3.8, 4) is 5.75 Å². The number of amides is 1. The fraction of sp³-hybridized carbons (Fsp3) is 0.438. The first-order valence-electron chi connectivity index (χ1n) is 7.91. The van der Waals surface area contributed by atoms with Crippen LogP contribution in [-0.2, 0) is 9.53 Å². The molecule has 0 spiro atoms. The van der Waals surface area contributed by atoms with Gasteiger partial charge in [0.1, 0.15) is 5.75 Å². The summed E-state index contributed by atoms with van der Waals surface area (Å²) in [6.07, 6.45) is 0.0999. The molecule has 3 rings (SSSR count). The average molecular weight is 380 g/mol. The van der Waals surface area contributed by atoms with Crippen molar-refractivity contribution in [2.75, 3.05) is 37.9 Å². The number of thioether (sulfide) groups is 1. The van der Waals surface area contributed by atoms with Gasteiger partial charge in [0.15, 0.2) is 4.34 Å². The second-order valence-electron chi connectivity index (χ2n) is 5.54. The van der Waals surface area contributed by atoms with Gasteiger partial charge in [0, 0.05) is 24.8 Å². The normalized spacial score (nSPS) is 17.4. The van der Waals surface area contributed by atoms with Crippen LogP contribution in [0.1, 0.15) is 6.92 Å². The standard InChI is InChI=1S/C16H20N4O3S2/c1-11-9-20(6-7-23-11)14(21)10-24-16-19-18-15(25-16)17-12-4-3-5-13(8-12)22-2/h3-5,8,11H,6-7,9-10H2,1-2H3,(H,17,18). The highest BCUT2D eigenvalue weighted by molar-refractivity contribution is 8.01. The molecule has 0 radical (unpaired) electrons. The lowest BCUT2D eigenvalue weighted by molar-refractivity contribution is -0.135. The summed E-state index contributed by atoms with van der Waals surface area (Å²) in [5, 5.41) is 12.1. The zero-order valence-corrected chi connectivity index (χ0v) is 15.7. The van der Waals surface area contributed by atoms with E-state index in [0.29, 0.717) is 30.6 Å². The molecule has 1 aromatic heterocycles. The molecule has 9 heteroatoms. The smallest absolute Gasteiger partial charge is 0.233 e. The summed E-state index contributed by atoms with van der Waals surface area (Å²) in [7, 11) is 1.63. The van der Waals surface area contributed by atoms with Gasteiger partial charge in [-0.25, -0.2) is 0 Å². The SMILES string of the molecule is COc1cccc(Nc2nnc(SCC(=O)N3CCOC(C)C3)s2)c1. The fourth-order valence-corrected chi connectivity index (χ4v) is 4.08. The molecule has 1 atom stereocenters. The predicted molar refractivity (Wildman–Crippen MR) is 98.9 cm³/mol. The molecule has 7 nitrogen and oxygen atoms in total.